The Morgan fingerprint density at radius 2 is 1.82 bits per heavy atom. The number of benzene rings is 2. The molecule has 8 heteroatoms. The van der Waals surface area contributed by atoms with Gasteiger partial charge in [-0.25, -0.2) is 12.8 Å². The number of carbonyl (C=O) groups is 1. The lowest BCUT2D eigenvalue weighted by atomic mass is 10.1. The minimum absolute atomic E-state index is 0.126. The number of amides is 1. The first-order valence-electron chi connectivity index (χ1n) is 8.88. The molecule has 2 aromatic rings. The average molecular weight is 408 g/mol. The summed E-state index contributed by atoms with van der Waals surface area (Å²) < 4.78 is 43.7. The molecule has 0 aromatic heterocycles. The van der Waals surface area contributed by atoms with Crippen LogP contribution >= 0.6 is 0 Å². The van der Waals surface area contributed by atoms with Crippen molar-refractivity contribution < 1.29 is 22.3 Å². The third kappa shape index (κ3) is 5.95. The molecule has 28 heavy (non-hydrogen) atoms. The second-order valence-corrected chi connectivity index (χ2v) is 8.35. The fourth-order valence-corrected chi connectivity index (χ4v) is 3.86. The average Bonchev–Trinajstić information content (AvgIpc) is 2.65. The van der Waals surface area contributed by atoms with E-state index in [4.69, 9.17) is 4.74 Å². The number of ether oxygens (including phenoxy) is 1. The Bertz CT molecular complexity index is 901. The maximum atomic E-state index is 13.1. The van der Waals surface area contributed by atoms with Gasteiger partial charge in [0.1, 0.15) is 11.6 Å². The Morgan fingerprint density at radius 1 is 1.18 bits per heavy atom. The number of hydrogen-bond acceptors (Lipinski definition) is 4. The summed E-state index contributed by atoms with van der Waals surface area (Å²) in [6.07, 6.45) is 1.57. The Labute approximate surface area is 165 Å². The van der Waals surface area contributed by atoms with E-state index in [0.717, 1.165) is 11.8 Å². The van der Waals surface area contributed by atoms with Crippen molar-refractivity contribution >= 4 is 21.6 Å². The highest BCUT2D eigenvalue weighted by atomic mass is 32.2. The molecule has 0 heterocycles. The molecule has 1 amide bonds. The summed E-state index contributed by atoms with van der Waals surface area (Å²) >= 11 is 0. The number of nitrogens with zero attached hydrogens (tertiary/aromatic N) is 1. The first-order chi connectivity index (χ1) is 13.2. The molecule has 0 aliphatic rings. The van der Waals surface area contributed by atoms with Crippen molar-refractivity contribution in [1.29, 1.82) is 0 Å². The lowest BCUT2D eigenvalue weighted by molar-refractivity contribution is -0.121. The third-order valence-corrected chi connectivity index (χ3v) is 5.46. The topological polar surface area (TPSA) is 75.7 Å². The van der Waals surface area contributed by atoms with E-state index in [1.807, 2.05) is 31.2 Å². The van der Waals surface area contributed by atoms with Gasteiger partial charge in [-0.2, -0.15) is 0 Å². The molecule has 0 radical (unpaired) electrons. The second kappa shape index (κ2) is 9.54. The summed E-state index contributed by atoms with van der Waals surface area (Å²) in [4.78, 5) is 12.3. The largest absolute Gasteiger partial charge is 0.496 e. The Kier molecular flexibility index (Phi) is 7.39. The smallest absolute Gasteiger partial charge is 0.232 e. The SMILES string of the molecule is COc1ccccc1[C@@H](C)NC(=O)CCCN(c1ccc(F)cc1)S(C)(=O)=O. The zero-order valence-corrected chi connectivity index (χ0v) is 17.0. The van der Waals surface area contributed by atoms with Crippen LogP contribution in [0.5, 0.6) is 5.75 Å². The Hall–Kier alpha value is -2.61. The quantitative estimate of drug-likeness (QED) is 0.691. The van der Waals surface area contributed by atoms with E-state index < -0.39 is 15.8 Å². The molecule has 0 unspecified atom stereocenters. The summed E-state index contributed by atoms with van der Waals surface area (Å²) in [5.74, 6) is 0.0581. The molecule has 6 nitrogen and oxygen atoms in total. The monoisotopic (exact) mass is 408 g/mol. The molecule has 0 bridgehead atoms. The van der Waals surface area contributed by atoms with E-state index >= 15 is 0 Å². The van der Waals surface area contributed by atoms with E-state index in [2.05, 4.69) is 5.32 Å². The minimum atomic E-state index is -3.54. The number of halogens is 1. The second-order valence-electron chi connectivity index (χ2n) is 6.45. The van der Waals surface area contributed by atoms with E-state index in [0.29, 0.717) is 17.9 Å². The number of sulfonamides is 1. The predicted octanol–water partition coefficient (Wildman–Crippen LogP) is 3.26. The number of carbonyl (C=O) groups excluding carboxylic acids is 1. The van der Waals surface area contributed by atoms with Crippen LogP contribution in [0.4, 0.5) is 10.1 Å². The number of para-hydroxylation sites is 1. The van der Waals surface area contributed by atoms with Crippen LogP contribution in [-0.2, 0) is 14.8 Å². The molecule has 2 aromatic carbocycles. The van der Waals surface area contributed by atoms with Crippen molar-refractivity contribution in [3.8, 4) is 5.75 Å². The molecule has 0 aliphatic carbocycles. The van der Waals surface area contributed by atoms with Crippen LogP contribution in [0.25, 0.3) is 0 Å². The van der Waals surface area contributed by atoms with Crippen LogP contribution in [0.1, 0.15) is 31.4 Å². The van der Waals surface area contributed by atoms with Gasteiger partial charge < -0.3 is 10.1 Å². The molecule has 0 spiro atoms. The molecule has 0 fully saturated rings. The number of rotatable bonds is 9. The molecule has 0 saturated carbocycles. The van der Waals surface area contributed by atoms with Gasteiger partial charge in [0.25, 0.3) is 0 Å². The maximum Gasteiger partial charge on any atom is 0.232 e. The number of anilines is 1. The van der Waals surface area contributed by atoms with Gasteiger partial charge >= 0.3 is 0 Å². The zero-order valence-electron chi connectivity index (χ0n) is 16.2. The van der Waals surface area contributed by atoms with Gasteiger partial charge in [-0.3, -0.25) is 9.10 Å². The van der Waals surface area contributed by atoms with Gasteiger partial charge in [-0.1, -0.05) is 18.2 Å². The lowest BCUT2D eigenvalue weighted by Crippen LogP contribution is -2.32. The maximum absolute atomic E-state index is 13.1. The van der Waals surface area contributed by atoms with Crippen LogP contribution in [0.15, 0.2) is 48.5 Å². The Balaban J connectivity index is 1.94. The summed E-state index contributed by atoms with van der Waals surface area (Å²) in [6, 6.07) is 12.4. The van der Waals surface area contributed by atoms with Crippen LogP contribution in [0.2, 0.25) is 0 Å². The number of nitrogens with one attached hydrogen (secondary N) is 1. The summed E-state index contributed by atoms with van der Waals surface area (Å²) in [7, 11) is -1.97. The van der Waals surface area contributed by atoms with E-state index in [9.17, 15) is 17.6 Å². The molecule has 2 rings (SSSR count). The lowest BCUT2D eigenvalue weighted by Gasteiger charge is -2.22. The number of methoxy groups -OCH3 is 1. The molecule has 0 aliphatic heterocycles. The van der Waals surface area contributed by atoms with Crippen molar-refractivity contribution in [2.24, 2.45) is 0 Å². The van der Waals surface area contributed by atoms with E-state index in [1.54, 1.807) is 7.11 Å². The molecule has 1 atom stereocenters. The highest BCUT2D eigenvalue weighted by molar-refractivity contribution is 7.92. The van der Waals surface area contributed by atoms with Crippen LogP contribution in [-0.4, -0.2) is 34.2 Å². The van der Waals surface area contributed by atoms with Gasteiger partial charge in [-0.05, 0) is 43.7 Å². The summed E-state index contributed by atoms with van der Waals surface area (Å²) in [5, 5.41) is 2.89. The predicted molar refractivity (Wildman–Crippen MR) is 107 cm³/mol. The van der Waals surface area contributed by atoms with Crippen molar-refractivity contribution in [1.82, 2.24) is 5.32 Å². The minimum Gasteiger partial charge on any atom is -0.496 e. The fourth-order valence-electron chi connectivity index (χ4n) is 2.89. The zero-order chi connectivity index (χ0) is 20.7. The molecular formula is C20H25FN2O4S. The van der Waals surface area contributed by atoms with Gasteiger partial charge in [-0.15, -0.1) is 0 Å². The normalized spacial score (nSPS) is 12.3. The molecule has 1 N–H and O–H groups in total. The van der Waals surface area contributed by atoms with Crippen molar-refractivity contribution in [3.63, 3.8) is 0 Å². The highest BCUT2D eigenvalue weighted by Crippen LogP contribution is 2.24. The molecule has 152 valence electrons. The molecule has 0 saturated heterocycles. The summed E-state index contributed by atoms with van der Waals surface area (Å²) in [5.41, 5.74) is 1.23. The highest BCUT2D eigenvalue weighted by Gasteiger charge is 2.18. The fraction of sp³-hybridized carbons (Fsp3) is 0.350. The van der Waals surface area contributed by atoms with Gasteiger partial charge in [0.15, 0.2) is 0 Å². The van der Waals surface area contributed by atoms with Crippen molar-refractivity contribution in [2.75, 3.05) is 24.2 Å². The van der Waals surface area contributed by atoms with E-state index in [1.165, 1.54) is 28.6 Å². The van der Waals surface area contributed by atoms with Crippen molar-refractivity contribution in [2.45, 2.75) is 25.8 Å². The van der Waals surface area contributed by atoms with Crippen molar-refractivity contribution in [3.05, 3.63) is 59.9 Å². The third-order valence-electron chi connectivity index (χ3n) is 4.26. The van der Waals surface area contributed by atoms with Gasteiger partial charge in [0, 0.05) is 18.5 Å². The van der Waals surface area contributed by atoms with Gasteiger partial charge in [0.2, 0.25) is 15.9 Å². The molecular weight excluding hydrogens is 383 g/mol. The standard InChI is InChI=1S/C20H25FN2O4S/c1-15(18-7-4-5-8-19(18)27-2)22-20(24)9-6-14-23(28(3,25)26)17-12-10-16(21)11-13-17/h4-5,7-8,10-13,15H,6,9,14H2,1-3H3,(H,22,24)/t15-/m1/s1. The Morgan fingerprint density at radius 3 is 2.43 bits per heavy atom. The first kappa shape index (κ1) is 21.7. The van der Waals surface area contributed by atoms with Crippen LogP contribution < -0.4 is 14.4 Å². The first-order valence-corrected chi connectivity index (χ1v) is 10.7. The van der Waals surface area contributed by atoms with Crippen LogP contribution in [0.3, 0.4) is 0 Å². The van der Waals surface area contributed by atoms with Crippen LogP contribution in [0, 0.1) is 5.82 Å². The van der Waals surface area contributed by atoms with E-state index in [-0.39, 0.29) is 24.9 Å². The van der Waals surface area contributed by atoms with Gasteiger partial charge in [0.05, 0.1) is 25.1 Å². The number of hydrogen-bond donors (Lipinski definition) is 1. The summed E-state index contributed by atoms with van der Waals surface area (Å²) in [6.45, 7) is 1.98.